The molecule has 2 unspecified atom stereocenters. The number of hydrogen-bond acceptors (Lipinski definition) is 3. The molecule has 0 N–H and O–H groups in total. The maximum Gasteiger partial charge on any atom is 0.254 e. The third-order valence-electron chi connectivity index (χ3n) is 5.91. The smallest absolute Gasteiger partial charge is 0.254 e. The summed E-state index contributed by atoms with van der Waals surface area (Å²) in [5.74, 6) is 0.170. The van der Waals surface area contributed by atoms with Gasteiger partial charge in [-0.3, -0.25) is 4.79 Å². The van der Waals surface area contributed by atoms with Crippen LogP contribution in [0.4, 0.5) is 0 Å². The second-order valence-electron chi connectivity index (χ2n) is 7.14. The van der Waals surface area contributed by atoms with E-state index < -0.39 is 9.84 Å². The van der Waals surface area contributed by atoms with E-state index in [2.05, 4.69) is 6.92 Å². The van der Waals surface area contributed by atoms with Crippen molar-refractivity contribution < 1.29 is 13.2 Å². The molecule has 2 atom stereocenters. The molecule has 0 radical (unpaired) electrons. The lowest BCUT2D eigenvalue weighted by molar-refractivity contribution is 0.0686. The fourth-order valence-corrected chi connectivity index (χ4v) is 6.76. The number of carbonyl (C=O) groups excluding carboxylic acids is 1. The van der Waals surface area contributed by atoms with Crippen LogP contribution in [0.1, 0.15) is 52.7 Å². The molecular weight excluding hydrogens is 310 g/mol. The molecule has 2 aliphatic carbocycles. The molecule has 2 fully saturated rings. The number of benzene rings is 1. The van der Waals surface area contributed by atoms with Crippen LogP contribution < -0.4 is 0 Å². The van der Waals surface area contributed by atoms with E-state index in [1.165, 1.54) is 16.7 Å². The highest BCUT2D eigenvalue weighted by Gasteiger charge is 2.46. The van der Waals surface area contributed by atoms with Crippen molar-refractivity contribution in [1.29, 1.82) is 0 Å². The summed E-state index contributed by atoms with van der Waals surface area (Å²) in [6.45, 7) is 2.46. The van der Waals surface area contributed by atoms with Crippen LogP contribution >= 0.6 is 0 Å². The van der Waals surface area contributed by atoms with Gasteiger partial charge in [0.15, 0.2) is 9.84 Å². The van der Waals surface area contributed by atoms with Gasteiger partial charge in [-0.1, -0.05) is 6.07 Å². The van der Waals surface area contributed by atoms with Crippen molar-refractivity contribution in [2.45, 2.75) is 56.7 Å². The molecule has 1 aliphatic heterocycles. The molecule has 1 amide bonds. The van der Waals surface area contributed by atoms with Crippen molar-refractivity contribution >= 4 is 15.7 Å². The van der Waals surface area contributed by atoms with E-state index in [0.29, 0.717) is 13.0 Å². The largest absolute Gasteiger partial charge is 0.333 e. The number of rotatable bonds is 1. The van der Waals surface area contributed by atoms with Crippen molar-refractivity contribution in [2.24, 2.45) is 0 Å². The zero-order chi connectivity index (χ0) is 16.2. The molecule has 5 heteroatoms. The molecule has 23 heavy (non-hydrogen) atoms. The molecule has 0 bridgehead atoms. The molecule has 0 aromatic heterocycles. The van der Waals surface area contributed by atoms with Gasteiger partial charge in [0.25, 0.3) is 5.91 Å². The molecule has 124 valence electrons. The second kappa shape index (κ2) is 5.33. The van der Waals surface area contributed by atoms with Gasteiger partial charge in [-0.15, -0.1) is 0 Å². The Balaban J connectivity index is 1.70. The van der Waals surface area contributed by atoms with Crippen molar-refractivity contribution in [2.75, 3.05) is 12.3 Å². The second-order valence-corrected chi connectivity index (χ2v) is 9.48. The first-order chi connectivity index (χ1) is 11.0. The molecule has 1 saturated carbocycles. The zero-order valence-electron chi connectivity index (χ0n) is 13.5. The van der Waals surface area contributed by atoms with Crippen LogP contribution in [0.25, 0.3) is 0 Å². The summed E-state index contributed by atoms with van der Waals surface area (Å²) in [5, 5.41) is -0.335. The monoisotopic (exact) mass is 333 g/mol. The van der Waals surface area contributed by atoms with Gasteiger partial charge in [0.2, 0.25) is 0 Å². The highest BCUT2D eigenvalue weighted by Crippen LogP contribution is 2.36. The lowest BCUT2D eigenvalue weighted by atomic mass is 9.97. The van der Waals surface area contributed by atoms with Gasteiger partial charge in [0, 0.05) is 18.2 Å². The van der Waals surface area contributed by atoms with Crippen LogP contribution in [-0.2, 0) is 22.7 Å². The highest BCUT2D eigenvalue weighted by atomic mass is 32.2. The average Bonchev–Trinajstić information content (AvgIpc) is 3.17. The Labute approximate surface area is 137 Å². The number of carbonyl (C=O) groups is 1. The van der Waals surface area contributed by atoms with Crippen molar-refractivity contribution in [1.82, 2.24) is 4.90 Å². The Morgan fingerprint density at radius 3 is 2.74 bits per heavy atom. The molecule has 3 aliphatic rings. The Kier molecular flexibility index (Phi) is 3.52. The summed E-state index contributed by atoms with van der Waals surface area (Å²) >= 11 is 0. The van der Waals surface area contributed by atoms with Gasteiger partial charge in [-0.2, -0.15) is 0 Å². The van der Waals surface area contributed by atoms with Crippen molar-refractivity contribution in [3.63, 3.8) is 0 Å². The Morgan fingerprint density at radius 1 is 1.13 bits per heavy atom. The first kappa shape index (κ1) is 15.2. The standard InChI is InChI=1S/C18H23NO3S/c1-12-8-9-15(14-5-2-4-13(12)14)18(20)19-10-11-23(21,22)17-7-3-6-16(17)19/h8-9,16-17H,2-7,10-11H2,1H3. The summed E-state index contributed by atoms with van der Waals surface area (Å²) in [6, 6.07) is 3.89. The normalized spacial score (nSPS) is 28.5. The molecule has 1 aromatic carbocycles. The summed E-state index contributed by atoms with van der Waals surface area (Å²) < 4.78 is 24.5. The number of nitrogens with zero attached hydrogens (tertiary/aromatic N) is 1. The summed E-state index contributed by atoms with van der Waals surface area (Å²) in [6.07, 6.45) is 5.58. The number of sulfone groups is 1. The molecule has 1 saturated heterocycles. The number of aryl methyl sites for hydroxylation is 1. The highest BCUT2D eigenvalue weighted by molar-refractivity contribution is 7.92. The average molecular weight is 333 g/mol. The predicted molar refractivity (Wildman–Crippen MR) is 89.5 cm³/mol. The van der Waals surface area contributed by atoms with E-state index in [0.717, 1.165) is 37.7 Å². The quantitative estimate of drug-likeness (QED) is 0.792. The third kappa shape index (κ3) is 2.32. The lowest BCUT2D eigenvalue weighted by Gasteiger charge is -2.37. The Morgan fingerprint density at radius 2 is 1.91 bits per heavy atom. The summed E-state index contributed by atoms with van der Waals surface area (Å²) in [7, 11) is -3.02. The van der Waals surface area contributed by atoms with Gasteiger partial charge < -0.3 is 4.90 Å². The van der Waals surface area contributed by atoms with Crippen LogP contribution in [0, 0.1) is 6.92 Å². The topological polar surface area (TPSA) is 54.5 Å². The zero-order valence-corrected chi connectivity index (χ0v) is 14.4. The fraction of sp³-hybridized carbons (Fsp3) is 0.611. The molecular formula is C18H23NO3S. The van der Waals surface area contributed by atoms with Crippen LogP contribution in [0.3, 0.4) is 0 Å². The van der Waals surface area contributed by atoms with Gasteiger partial charge >= 0.3 is 0 Å². The van der Waals surface area contributed by atoms with Crippen LogP contribution in [0.5, 0.6) is 0 Å². The number of fused-ring (bicyclic) bond motifs is 2. The van der Waals surface area contributed by atoms with E-state index in [-0.39, 0.29) is 23.0 Å². The third-order valence-corrected chi connectivity index (χ3v) is 8.13. The summed E-state index contributed by atoms with van der Waals surface area (Å²) in [4.78, 5) is 15.0. The molecule has 4 rings (SSSR count). The van der Waals surface area contributed by atoms with Crippen LogP contribution in [-0.4, -0.2) is 42.8 Å². The van der Waals surface area contributed by atoms with Crippen molar-refractivity contribution in [3.8, 4) is 0 Å². The van der Waals surface area contributed by atoms with Gasteiger partial charge in [-0.25, -0.2) is 8.42 Å². The maximum absolute atomic E-state index is 13.2. The van der Waals surface area contributed by atoms with Crippen LogP contribution in [0.2, 0.25) is 0 Å². The minimum absolute atomic E-state index is 0.0509. The minimum atomic E-state index is -3.02. The first-order valence-corrected chi connectivity index (χ1v) is 10.3. The van der Waals surface area contributed by atoms with E-state index in [4.69, 9.17) is 0 Å². The van der Waals surface area contributed by atoms with Gasteiger partial charge in [0.1, 0.15) is 0 Å². The van der Waals surface area contributed by atoms with Crippen molar-refractivity contribution in [3.05, 3.63) is 34.4 Å². The van der Waals surface area contributed by atoms with E-state index >= 15 is 0 Å². The fourth-order valence-electron chi connectivity index (χ4n) is 4.72. The van der Waals surface area contributed by atoms with Gasteiger partial charge in [-0.05, 0) is 68.2 Å². The molecule has 4 nitrogen and oxygen atoms in total. The summed E-state index contributed by atoms with van der Waals surface area (Å²) in [5.41, 5.74) is 4.63. The van der Waals surface area contributed by atoms with E-state index in [1.807, 2.05) is 17.0 Å². The SMILES string of the molecule is Cc1ccc(C(=O)N2CCS(=O)(=O)C3CCCC32)c2c1CCC2. The molecule has 1 aromatic rings. The van der Waals surface area contributed by atoms with Gasteiger partial charge in [0.05, 0.1) is 11.0 Å². The van der Waals surface area contributed by atoms with E-state index in [9.17, 15) is 13.2 Å². The lowest BCUT2D eigenvalue weighted by Crippen LogP contribution is -2.54. The van der Waals surface area contributed by atoms with E-state index in [1.54, 1.807) is 0 Å². The first-order valence-electron chi connectivity index (χ1n) is 8.63. The minimum Gasteiger partial charge on any atom is -0.333 e. The maximum atomic E-state index is 13.2. The predicted octanol–water partition coefficient (Wildman–Crippen LogP) is 2.28. The Hall–Kier alpha value is -1.36. The number of amides is 1. The Bertz CT molecular complexity index is 769. The van der Waals surface area contributed by atoms with Crippen LogP contribution in [0.15, 0.2) is 12.1 Å². The molecule has 0 spiro atoms. The number of hydrogen-bond donors (Lipinski definition) is 0. The molecule has 1 heterocycles.